The highest BCUT2D eigenvalue weighted by molar-refractivity contribution is 14.0. The summed E-state index contributed by atoms with van der Waals surface area (Å²) in [5.74, 6) is 2.03. The van der Waals surface area contributed by atoms with Crippen molar-refractivity contribution in [3.05, 3.63) is 24.4 Å². The summed E-state index contributed by atoms with van der Waals surface area (Å²) in [4.78, 5) is 25.8. The van der Waals surface area contributed by atoms with Crippen LogP contribution in [0.15, 0.2) is 29.4 Å². The molecule has 0 bridgehead atoms. The Labute approximate surface area is 196 Å². The van der Waals surface area contributed by atoms with Crippen LogP contribution in [-0.2, 0) is 9.53 Å². The van der Waals surface area contributed by atoms with Gasteiger partial charge in [-0.25, -0.2) is 4.98 Å². The fourth-order valence-electron chi connectivity index (χ4n) is 3.65. The number of hydrogen-bond donors (Lipinski definition) is 2. The number of carbonyl (C=O) groups is 1. The summed E-state index contributed by atoms with van der Waals surface area (Å²) >= 11 is 0. The van der Waals surface area contributed by atoms with E-state index in [-0.39, 0.29) is 36.0 Å². The van der Waals surface area contributed by atoms with Crippen molar-refractivity contribution in [3.63, 3.8) is 0 Å². The third-order valence-electron chi connectivity index (χ3n) is 5.25. The van der Waals surface area contributed by atoms with Crippen LogP contribution in [0.1, 0.15) is 32.6 Å². The molecular formula is C21H35IN6O2. The second-order valence-corrected chi connectivity index (χ2v) is 7.40. The van der Waals surface area contributed by atoms with Gasteiger partial charge in [-0.1, -0.05) is 6.07 Å². The standard InChI is InChI=1S/C21H34N6O2.HI/c1-2-22-21(25-12-6-5-11-24-19-9-3-4-10-23-19)27-15-13-26(14-16-27)20(28)18-8-7-17-29-18;/h3-4,9-10,18H,2,5-8,11-17H2,1H3,(H,22,25)(H,23,24);1H. The fourth-order valence-corrected chi connectivity index (χ4v) is 3.65. The van der Waals surface area contributed by atoms with E-state index >= 15 is 0 Å². The van der Waals surface area contributed by atoms with Crippen LogP contribution < -0.4 is 10.6 Å². The smallest absolute Gasteiger partial charge is 0.251 e. The Balaban J connectivity index is 0.00000320. The Morgan fingerprint density at radius 3 is 2.70 bits per heavy atom. The number of aliphatic imine (C=N–C) groups is 1. The zero-order valence-electron chi connectivity index (χ0n) is 17.9. The molecule has 2 saturated heterocycles. The average Bonchev–Trinajstić information content (AvgIpc) is 3.31. The third-order valence-corrected chi connectivity index (χ3v) is 5.25. The second kappa shape index (κ2) is 13.6. The van der Waals surface area contributed by atoms with Crippen LogP contribution in [0.3, 0.4) is 0 Å². The number of carbonyl (C=O) groups excluding carboxylic acids is 1. The molecule has 1 unspecified atom stereocenters. The molecule has 0 aliphatic carbocycles. The van der Waals surface area contributed by atoms with Crippen molar-refractivity contribution in [2.45, 2.75) is 38.7 Å². The summed E-state index contributed by atoms with van der Waals surface area (Å²) in [7, 11) is 0. The number of pyridine rings is 1. The topological polar surface area (TPSA) is 82.1 Å². The molecule has 2 N–H and O–H groups in total. The monoisotopic (exact) mass is 530 g/mol. The molecule has 1 atom stereocenters. The first kappa shape index (κ1) is 24.6. The zero-order chi connectivity index (χ0) is 20.3. The van der Waals surface area contributed by atoms with E-state index in [1.807, 2.05) is 23.1 Å². The molecule has 2 aliphatic heterocycles. The van der Waals surface area contributed by atoms with E-state index in [0.717, 1.165) is 83.3 Å². The van der Waals surface area contributed by atoms with Crippen molar-refractivity contribution in [1.29, 1.82) is 0 Å². The van der Waals surface area contributed by atoms with Gasteiger partial charge in [0.15, 0.2) is 5.96 Å². The zero-order valence-corrected chi connectivity index (χ0v) is 20.2. The summed E-state index contributed by atoms with van der Waals surface area (Å²) in [5, 5.41) is 6.72. The van der Waals surface area contributed by atoms with Gasteiger partial charge < -0.3 is 25.2 Å². The van der Waals surface area contributed by atoms with Gasteiger partial charge in [0.05, 0.1) is 0 Å². The van der Waals surface area contributed by atoms with Crippen molar-refractivity contribution >= 4 is 41.7 Å². The molecule has 0 radical (unpaired) electrons. The molecule has 0 aromatic carbocycles. The van der Waals surface area contributed by atoms with E-state index in [1.54, 1.807) is 6.20 Å². The second-order valence-electron chi connectivity index (χ2n) is 7.40. The summed E-state index contributed by atoms with van der Waals surface area (Å²) < 4.78 is 5.54. The molecule has 0 spiro atoms. The maximum absolute atomic E-state index is 12.5. The van der Waals surface area contributed by atoms with Crippen LogP contribution in [-0.4, -0.2) is 85.2 Å². The predicted octanol–water partition coefficient (Wildman–Crippen LogP) is 2.18. The molecule has 9 heteroatoms. The third kappa shape index (κ3) is 7.57. The summed E-state index contributed by atoms with van der Waals surface area (Å²) in [6.45, 7) is 8.42. The largest absolute Gasteiger partial charge is 0.370 e. The summed E-state index contributed by atoms with van der Waals surface area (Å²) in [6.07, 6.45) is 5.49. The molecule has 30 heavy (non-hydrogen) atoms. The summed E-state index contributed by atoms with van der Waals surface area (Å²) in [6, 6.07) is 5.88. The molecule has 8 nitrogen and oxygen atoms in total. The molecule has 0 saturated carbocycles. The van der Waals surface area contributed by atoms with Gasteiger partial charge in [-0.15, -0.1) is 24.0 Å². The number of piperazine rings is 1. The molecule has 3 heterocycles. The Morgan fingerprint density at radius 1 is 1.23 bits per heavy atom. The van der Waals surface area contributed by atoms with Crippen LogP contribution in [0.2, 0.25) is 0 Å². The lowest BCUT2D eigenvalue weighted by molar-refractivity contribution is -0.142. The van der Waals surface area contributed by atoms with Crippen LogP contribution in [0.5, 0.6) is 0 Å². The Bertz CT molecular complexity index is 646. The molecule has 3 rings (SSSR count). The van der Waals surface area contributed by atoms with Crippen LogP contribution >= 0.6 is 24.0 Å². The van der Waals surface area contributed by atoms with E-state index in [0.29, 0.717) is 6.61 Å². The van der Waals surface area contributed by atoms with E-state index in [2.05, 4.69) is 27.4 Å². The first-order valence-corrected chi connectivity index (χ1v) is 10.9. The SMILES string of the molecule is CCNC(=NCCCCNc1ccccn1)N1CCN(C(=O)C2CCCO2)CC1.I. The Hall–Kier alpha value is -1.62. The number of halogens is 1. The van der Waals surface area contributed by atoms with Gasteiger partial charge in [0.25, 0.3) is 5.91 Å². The molecular weight excluding hydrogens is 495 g/mol. The number of guanidine groups is 1. The first-order chi connectivity index (χ1) is 14.3. The number of hydrogen-bond acceptors (Lipinski definition) is 5. The number of ether oxygens (including phenoxy) is 1. The van der Waals surface area contributed by atoms with Crippen molar-refractivity contribution in [1.82, 2.24) is 20.1 Å². The van der Waals surface area contributed by atoms with Gasteiger partial charge in [-0.05, 0) is 44.7 Å². The van der Waals surface area contributed by atoms with Crippen molar-refractivity contribution in [2.24, 2.45) is 4.99 Å². The first-order valence-electron chi connectivity index (χ1n) is 10.9. The van der Waals surface area contributed by atoms with Crippen LogP contribution in [0.25, 0.3) is 0 Å². The number of unbranched alkanes of at least 4 members (excludes halogenated alkanes) is 1. The molecule has 2 fully saturated rings. The summed E-state index contributed by atoms with van der Waals surface area (Å²) in [5.41, 5.74) is 0. The van der Waals surface area contributed by atoms with E-state index in [9.17, 15) is 4.79 Å². The highest BCUT2D eigenvalue weighted by Gasteiger charge is 2.30. The van der Waals surface area contributed by atoms with Crippen molar-refractivity contribution in [3.8, 4) is 0 Å². The lowest BCUT2D eigenvalue weighted by Crippen LogP contribution is -2.55. The van der Waals surface area contributed by atoms with Gasteiger partial charge in [0.2, 0.25) is 0 Å². The minimum absolute atomic E-state index is 0. The maximum Gasteiger partial charge on any atom is 0.251 e. The quantitative estimate of drug-likeness (QED) is 0.232. The number of amides is 1. The highest BCUT2D eigenvalue weighted by Crippen LogP contribution is 2.16. The van der Waals surface area contributed by atoms with E-state index in [1.165, 1.54) is 0 Å². The normalized spacial score (nSPS) is 19.4. The minimum atomic E-state index is -0.219. The fraction of sp³-hybridized carbons (Fsp3) is 0.667. The van der Waals surface area contributed by atoms with E-state index < -0.39 is 0 Å². The number of rotatable bonds is 8. The van der Waals surface area contributed by atoms with Gasteiger partial charge in [-0.3, -0.25) is 9.79 Å². The number of nitrogens with zero attached hydrogens (tertiary/aromatic N) is 4. The lowest BCUT2D eigenvalue weighted by atomic mass is 10.2. The maximum atomic E-state index is 12.5. The highest BCUT2D eigenvalue weighted by atomic mass is 127. The Kier molecular flexibility index (Phi) is 11.2. The van der Waals surface area contributed by atoms with Gasteiger partial charge in [-0.2, -0.15) is 0 Å². The van der Waals surface area contributed by atoms with Gasteiger partial charge in [0.1, 0.15) is 11.9 Å². The molecule has 1 aromatic heterocycles. The molecule has 1 aromatic rings. The number of nitrogens with one attached hydrogen (secondary N) is 2. The number of anilines is 1. The lowest BCUT2D eigenvalue weighted by Gasteiger charge is -2.37. The van der Waals surface area contributed by atoms with Crippen LogP contribution in [0, 0.1) is 0 Å². The average molecular weight is 530 g/mol. The van der Waals surface area contributed by atoms with Crippen molar-refractivity contribution < 1.29 is 9.53 Å². The van der Waals surface area contributed by atoms with Crippen LogP contribution in [0.4, 0.5) is 5.82 Å². The minimum Gasteiger partial charge on any atom is -0.370 e. The van der Waals surface area contributed by atoms with Crippen molar-refractivity contribution in [2.75, 3.05) is 57.7 Å². The number of aromatic nitrogens is 1. The molecule has 2 aliphatic rings. The van der Waals surface area contributed by atoms with Gasteiger partial charge >= 0.3 is 0 Å². The Morgan fingerprint density at radius 2 is 2.03 bits per heavy atom. The van der Waals surface area contributed by atoms with E-state index in [4.69, 9.17) is 9.73 Å². The molecule has 1 amide bonds. The van der Waals surface area contributed by atoms with Gasteiger partial charge in [0, 0.05) is 58.6 Å². The molecule has 168 valence electrons. The predicted molar refractivity (Wildman–Crippen MR) is 130 cm³/mol.